The summed E-state index contributed by atoms with van der Waals surface area (Å²) in [5.74, 6) is -5.70. The van der Waals surface area contributed by atoms with Crippen LogP contribution in [0, 0.1) is 18.8 Å². The van der Waals surface area contributed by atoms with E-state index in [1.54, 1.807) is 32.0 Å². The summed E-state index contributed by atoms with van der Waals surface area (Å²) in [5, 5.41) is 0. The molecule has 7 nitrogen and oxygen atoms in total. The van der Waals surface area contributed by atoms with E-state index in [0.29, 0.717) is 17.9 Å². The van der Waals surface area contributed by atoms with E-state index in [0.717, 1.165) is 11.1 Å². The number of ketones is 2. The minimum absolute atomic E-state index is 0.0603. The van der Waals surface area contributed by atoms with Gasteiger partial charge in [0.05, 0.1) is 13.2 Å². The molecule has 0 saturated heterocycles. The number of hydrogen-bond acceptors (Lipinski definition) is 7. The summed E-state index contributed by atoms with van der Waals surface area (Å²) in [6.45, 7) is 8.06. The van der Waals surface area contributed by atoms with E-state index in [1.165, 1.54) is 13.8 Å². The number of rotatable bonds is 12. The van der Waals surface area contributed by atoms with E-state index in [2.05, 4.69) is 0 Å². The number of hydrogen-bond donors (Lipinski definition) is 0. The highest BCUT2D eigenvalue weighted by Crippen LogP contribution is 2.37. The van der Waals surface area contributed by atoms with Gasteiger partial charge in [-0.1, -0.05) is 42.5 Å². The summed E-state index contributed by atoms with van der Waals surface area (Å²) in [4.78, 5) is 50.8. The van der Waals surface area contributed by atoms with E-state index < -0.39 is 41.3 Å². The summed E-state index contributed by atoms with van der Waals surface area (Å²) in [6, 6.07) is 14.8. The molecule has 0 aromatic heterocycles. The zero-order chi connectivity index (χ0) is 25.3. The Morgan fingerprint density at radius 3 is 1.76 bits per heavy atom. The first-order valence-corrected chi connectivity index (χ1v) is 11.3. The maximum absolute atomic E-state index is 12.8. The van der Waals surface area contributed by atoms with Gasteiger partial charge in [-0.05, 0) is 57.4 Å². The molecule has 2 aromatic carbocycles. The first-order chi connectivity index (χ1) is 16.2. The number of benzene rings is 2. The fourth-order valence-corrected chi connectivity index (χ4v) is 3.95. The highest BCUT2D eigenvalue weighted by molar-refractivity contribution is 6.04. The summed E-state index contributed by atoms with van der Waals surface area (Å²) in [6.07, 6.45) is 0. The highest BCUT2D eigenvalue weighted by Gasteiger charge is 2.45. The molecule has 7 heteroatoms. The van der Waals surface area contributed by atoms with E-state index >= 15 is 0 Å². The van der Waals surface area contributed by atoms with Crippen molar-refractivity contribution in [3.8, 4) is 5.75 Å². The standard InChI is InChI=1S/C27H32O7/c1-6-32-26(30)23(18(4)28)25(24(19(5)29)27(31)33-7-2)21-13-14-22(17(3)15-21)34-16-20-11-9-8-10-12-20/h8-15,23-25H,6-7,16H2,1-5H3. The van der Waals surface area contributed by atoms with Crippen molar-refractivity contribution >= 4 is 23.5 Å². The molecule has 34 heavy (non-hydrogen) atoms. The molecule has 0 spiro atoms. The van der Waals surface area contributed by atoms with Crippen molar-refractivity contribution in [2.75, 3.05) is 13.2 Å². The molecule has 2 rings (SSSR count). The molecule has 0 aliphatic rings. The van der Waals surface area contributed by atoms with Crippen molar-refractivity contribution in [1.29, 1.82) is 0 Å². The minimum atomic E-state index is -1.34. The average Bonchev–Trinajstić information content (AvgIpc) is 2.78. The number of esters is 2. The Morgan fingerprint density at radius 1 is 0.794 bits per heavy atom. The van der Waals surface area contributed by atoms with Crippen LogP contribution in [0.5, 0.6) is 5.75 Å². The fourth-order valence-electron chi connectivity index (χ4n) is 3.95. The summed E-state index contributed by atoms with van der Waals surface area (Å²) < 4.78 is 16.2. The van der Waals surface area contributed by atoms with Crippen molar-refractivity contribution in [3.63, 3.8) is 0 Å². The van der Waals surface area contributed by atoms with Gasteiger partial charge < -0.3 is 14.2 Å². The van der Waals surface area contributed by atoms with Crippen molar-refractivity contribution in [2.24, 2.45) is 11.8 Å². The Hall–Kier alpha value is -3.48. The normalized spacial score (nSPS) is 13.3. The van der Waals surface area contributed by atoms with Gasteiger partial charge in [-0.3, -0.25) is 19.2 Å². The third-order valence-corrected chi connectivity index (χ3v) is 5.50. The SMILES string of the molecule is CCOC(=O)C(C(C)=O)C(c1ccc(OCc2ccccc2)c(C)c1)C(C(C)=O)C(=O)OCC. The molecule has 0 N–H and O–H groups in total. The maximum Gasteiger partial charge on any atom is 0.317 e. The summed E-state index contributed by atoms with van der Waals surface area (Å²) >= 11 is 0. The van der Waals surface area contributed by atoms with Crippen LogP contribution in [0.2, 0.25) is 0 Å². The van der Waals surface area contributed by atoms with Gasteiger partial charge in [-0.2, -0.15) is 0 Å². The molecule has 2 aromatic rings. The average molecular weight is 469 g/mol. The third-order valence-electron chi connectivity index (χ3n) is 5.50. The molecular formula is C27H32O7. The van der Waals surface area contributed by atoms with Gasteiger partial charge in [0.15, 0.2) is 0 Å². The second-order valence-electron chi connectivity index (χ2n) is 8.01. The van der Waals surface area contributed by atoms with Crippen molar-refractivity contribution in [2.45, 2.75) is 47.1 Å². The van der Waals surface area contributed by atoms with Crippen LogP contribution in [0.4, 0.5) is 0 Å². The van der Waals surface area contributed by atoms with Crippen LogP contribution in [0.15, 0.2) is 48.5 Å². The van der Waals surface area contributed by atoms with Gasteiger partial charge in [-0.25, -0.2) is 0 Å². The van der Waals surface area contributed by atoms with Gasteiger partial charge in [0.2, 0.25) is 0 Å². The molecular weight excluding hydrogens is 436 g/mol. The van der Waals surface area contributed by atoms with Crippen LogP contribution in [0.25, 0.3) is 0 Å². The van der Waals surface area contributed by atoms with E-state index in [1.807, 2.05) is 37.3 Å². The topological polar surface area (TPSA) is 96.0 Å². The second-order valence-corrected chi connectivity index (χ2v) is 8.01. The number of Topliss-reactive ketones (excluding diaryl/α,β-unsaturated/α-hetero) is 2. The lowest BCUT2D eigenvalue weighted by molar-refractivity contribution is -0.157. The highest BCUT2D eigenvalue weighted by atomic mass is 16.5. The Balaban J connectivity index is 2.51. The van der Waals surface area contributed by atoms with E-state index in [4.69, 9.17) is 14.2 Å². The largest absolute Gasteiger partial charge is 0.489 e. The zero-order valence-corrected chi connectivity index (χ0v) is 20.3. The number of ether oxygens (including phenoxy) is 3. The summed E-state index contributed by atoms with van der Waals surface area (Å²) in [7, 11) is 0. The number of aryl methyl sites for hydroxylation is 1. The van der Waals surface area contributed by atoms with Gasteiger partial charge in [0.1, 0.15) is 35.8 Å². The van der Waals surface area contributed by atoms with Crippen LogP contribution < -0.4 is 4.74 Å². The maximum atomic E-state index is 12.8. The smallest absolute Gasteiger partial charge is 0.317 e. The predicted octanol–water partition coefficient (Wildman–Crippen LogP) is 4.19. The van der Waals surface area contributed by atoms with Gasteiger partial charge in [-0.15, -0.1) is 0 Å². The predicted molar refractivity (Wildman–Crippen MR) is 126 cm³/mol. The first-order valence-electron chi connectivity index (χ1n) is 11.3. The molecule has 0 saturated carbocycles. The molecule has 0 heterocycles. The molecule has 2 unspecified atom stereocenters. The molecule has 0 fully saturated rings. The summed E-state index contributed by atoms with van der Waals surface area (Å²) in [5.41, 5.74) is 2.21. The molecule has 0 aliphatic carbocycles. The molecule has 0 radical (unpaired) electrons. The number of carbonyl (C=O) groups is 4. The Bertz CT molecular complexity index is 977. The van der Waals surface area contributed by atoms with Crippen molar-refractivity contribution < 1.29 is 33.4 Å². The monoisotopic (exact) mass is 468 g/mol. The van der Waals surface area contributed by atoms with Crippen molar-refractivity contribution in [3.05, 3.63) is 65.2 Å². The van der Waals surface area contributed by atoms with E-state index in [9.17, 15) is 19.2 Å². The van der Waals surface area contributed by atoms with Crippen molar-refractivity contribution in [1.82, 2.24) is 0 Å². The minimum Gasteiger partial charge on any atom is -0.489 e. The fraction of sp³-hybridized carbons (Fsp3) is 0.407. The lowest BCUT2D eigenvalue weighted by atomic mass is 9.73. The lowest BCUT2D eigenvalue weighted by Crippen LogP contribution is -2.40. The molecule has 182 valence electrons. The van der Waals surface area contributed by atoms with Crippen LogP contribution in [0.1, 0.15) is 50.3 Å². The zero-order valence-electron chi connectivity index (χ0n) is 20.3. The van der Waals surface area contributed by atoms with Crippen LogP contribution >= 0.6 is 0 Å². The Labute approximate surface area is 200 Å². The Kier molecular flexibility index (Phi) is 9.98. The van der Waals surface area contributed by atoms with Crippen LogP contribution in [0.3, 0.4) is 0 Å². The van der Waals surface area contributed by atoms with Gasteiger partial charge >= 0.3 is 11.9 Å². The Morgan fingerprint density at radius 2 is 1.32 bits per heavy atom. The lowest BCUT2D eigenvalue weighted by Gasteiger charge is -2.29. The van der Waals surface area contributed by atoms with E-state index in [-0.39, 0.29) is 13.2 Å². The molecule has 2 atom stereocenters. The quantitative estimate of drug-likeness (QED) is 0.340. The van der Waals surface area contributed by atoms with Crippen LogP contribution in [-0.2, 0) is 35.3 Å². The van der Waals surface area contributed by atoms with Gasteiger partial charge in [0, 0.05) is 5.92 Å². The molecule has 0 aliphatic heterocycles. The van der Waals surface area contributed by atoms with Gasteiger partial charge in [0.25, 0.3) is 0 Å². The van der Waals surface area contributed by atoms with Crippen LogP contribution in [-0.4, -0.2) is 36.7 Å². The molecule has 0 bridgehead atoms. The first kappa shape index (κ1) is 26.8. The third kappa shape index (κ3) is 6.76. The number of carbonyl (C=O) groups excluding carboxylic acids is 4. The second kappa shape index (κ2) is 12.7. The molecule has 0 amide bonds.